The molecule has 0 saturated heterocycles. The van der Waals surface area contributed by atoms with Gasteiger partial charge in [-0.15, -0.1) is 5.10 Å². The number of aromatic nitrogens is 3. The molecule has 0 aliphatic heterocycles. The first-order chi connectivity index (χ1) is 12.5. The molecule has 0 unspecified atom stereocenters. The van der Waals surface area contributed by atoms with Crippen LogP contribution in [-0.2, 0) is 13.6 Å². The number of rotatable bonds is 5. The van der Waals surface area contributed by atoms with E-state index < -0.39 is 11.7 Å². The van der Waals surface area contributed by atoms with Crippen LogP contribution in [-0.4, -0.2) is 26.8 Å². The smallest absolute Gasteiger partial charge is 0.345 e. The Morgan fingerprint density at radius 3 is 2.65 bits per heavy atom. The molecule has 0 aliphatic carbocycles. The third kappa shape index (κ3) is 3.67. The number of nitrogens with zero attached hydrogens (tertiary/aromatic N) is 3. The second kappa shape index (κ2) is 7.53. The fourth-order valence-corrected chi connectivity index (χ4v) is 2.77. The van der Waals surface area contributed by atoms with Crippen molar-refractivity contribution in [3.8, 4) is 11.4 Å². The molecular weight excluding hydrogens is 359 g/mol. The number of hydrogen-bond donors (Lipinski definition) is 1. The first-order valence-corrected chi connectivity index (χ1v) is 8.27. The summed E-state index contributed by atoms with van der Waals surface area (Å²) in [5.41, 5.74) is 0.720. The average Bonchev–Trinajstić information content (AvgIpc) is 2.91. The molecule has 0 radical (unpaired) electrons. The SMILES string of the molecule is Cn1c(-c2ccccc2)nn(CCNC(=O)c2ccc(F)cc2Cl)c1=O. The summed E-state index contributed by atoms with van der Waals surface area (Å²) in [5, 5.41) is 7.00. The van der Waals surface area contributed by atoms with Gasteiger partial charge in [0.05, 0.1) is 17.1 Å². The maximum absolute atomic E-state index is 13.0. The number of carbonyl (C=O) groups excluding carboxylic acids is 1. The fourth-order valence-electron chi connectivity index (χ4n) is 2.52. The van der Waals surface area contributed by atoms with Gasteiger partial charge in [-0.2, -0.15) is 0 Å². The van der Waals surface area contributed by atoms with Crippen LogP contribution in [0.1, 0.15) is 10.4 Å². The summed E-state index contributed by atoms with van der Waals surface area (Å²) >= 11 is 5.87. The van der Waals surface area contributed by atoms with Crippen LogP contribution in [0.5, 0.6) is 0 Å². The average molecular weight is 375 g/mol. The number of amides is 1. The van der Waals surface area contributed by atoms with Crippen LogP contribution < -0.4 is 11.0 Å². The van der Waals surface area contributed by atoms with Crippen molar-refractivity contribution in [2.75, 3.05) is 6.54 Å². The molecule has 8 heteroatoms. The van der Waals surface area contributed by atoms with Gasteiger partial charge in [0.25, 0.3) is 5.91 Å². The lowest BCUT2D eigenvalue weighted by atomic mass is 10.2. The molecule has 2 aromatic carbocycles. The van der Waals surface area contributed by atoms with Crippen LogP contribution in [0.15, 0.2) is 53.3 Å². The van der Waals surface area contributed by atoms with Crippen molar-refractivity contribution in [3.63, 3.8) is 0 Å². The Kier molecular flexibility index (Phi) is 5.18. The van der Waals surface area contributed by atoms with E-state index in [2.05, 4.69) is 10.4 Å². The molecule has 0 fully saturated rings. The van der Waals surface area contributed by atoms with Crippen LogP contribution in [0.2, 0.25) is 5.02 Å². The molecule has 3 aromatic rings. The third-order valence-corrected chi connectivity index (χ3v) is 4.17. The Morgan fingerprint density at radius 2 is 1.96 bits per heavy atom. The van der Waals surface area contributed by atoms with E-state index in [0.717, 1.165) is 17.7 Å². The Bertz CT molecular complexity index is 998. The molecule has 1 heterocycles. The van der Waals surface area contributed by atoms with Crippen molar-refractivity contribution in [2.24, 2.45) is 7.05 Å². The second-order valence-electron chi connectivity index (χ2n) is 5.63. The van der Waals surface area contributed by atoms with E-state index in [4.69, 9.17) is 11.6 Å². The second-order valence-corrected chi connectivity index (χ2v) is 6.04. The van der Waals surface area contributed by atoms with Crippen LogP contribution in [0, 0.1) is 5.82 Å². The van der Waals surface area contributed by atoms with E-state index in [1.54, 1.807) is 7.05 Å². The monoisotopic (exact) mass is 374 g/mol. The van der Waals surface area contributed by atoms with Gasteiger partial charge < -0.3 is 5.32 Å². The number of nitrogens with one attached hydrogen (secondary N) is 1. The maximum Gasteiger partial charge on any atom is 0.345 e. The lowest BCUT2D eigenvalue weighted by Gasteiger charge is -2.06. The first-order valence-electron chi connectivity index (χ1n) is 7.90. The molecular formula is C18H16ClFN4O2. The molecule has 1 amide bonds. The molecule has 3 rings (SSSR count). The van der Waals surface area contributed by atoms with Gasteiger partial charge in [0.15, 0.2) is 5.82 Å². The Balaban J connectivity index is 1.69. The van der Waals surface area contributed by atoms with E-state index >= 15 is 0 Å². The highest BCUT2D eigenvalue weighted by atomic mass is 35.5. The van der Waals surface area contributed by atoms with Crippen LogP contribution in [0.4, 0.5) is 4.39 Å². The van der Waals surface area contributed by atoms with Crippen molar-refractivity contribution in [1.29, 1.82) is 0 Å². The minimum atomic E-state index is -0.514. The third-order valence-electron chi connectivity index (χ3n) is 3.86. The van der Waals surface area contributed by atoms with Gasteiger partial charge in [0, 0.05) is 19.2 Å². The summed E-state index contributed by atoms with van der Waals surface area (Å²) in [6.45, 7) is 0.377. The highest BCUT2D eigenvalue weighted by Gasteiger charge is 2.13. The zero-order valence-corrected chi connectivity index (χ0v) is 14.7. The summed E-state index contributed by atoms with van der Waals surface area (Å²) in [7, 11) is 1.64. The molecule has 1 N–H and O–H groups in total. The molecule has 0 bridgehead atoms. The van der Waals surface area contributed by atoms with Crippen LogP contribution in [0.3, 0.4) is 0 Å². The van der Waals surface area contributed by atoms with Gasteiger partial charge in [0.2, 0.25) is 0 Å². The number of hydrogen-bond acceptors (Lipinski definition) is 3. The van der Waals surface area contributed by atoms with E-state index in [0.29, 0.717) is 5.82 Å². The van der Waals surface area contributed by atoms with Crippen molar-refractivity contribution in [3.05, 3.63) is 75.4 Å². The highest BCUT2D eigenvalue weighted by Crippen LogP contribution is 2.17. The molecule has 0 spiro atoms. The first kappa shape index (κ1) is 17.9. The van der Waals surface area contributed by atoms with Crippen LogP contribution >= 0.6 is 11.6 Å². The molecule has 6 nitrogen and oxygen atoms in total. The standard InChI is InChI=1S/C18H16ClFN4O2/c1-23-16(12-5-3-2-4-6-12)22-24(18(23)26)10-9-21-17(25)14-8-7-13(20)11-15(14)19/h2-8,11H,9-10H2,1H3,(H,21,25). The van der Waals surface area contributed by atoms with Gasteiger partial charge in [-0.3, -0.25) is 9.36 Å². The predicted molar refractivity (Wildman–Crippen MR) is 96.6 cm³/mol. The molecule has 0 atom stereocenters. The zero-order chi connectivity index (χ0) is 18.7. The predicted octanol–water partition coefficient (Wildman–Crippen LogP) is 2.47. The maximum atomic E-state index is 13.0. The minimum absolute atomic E-state index is 0.0314. The van der Waals surface area contributed by atoms with Gasteiger partial charge in [-0.05, 0) is 18.2 Å². The number of halogens is 2. The lowest BCUT2D eigenvalue weighted by molar-refractivity contribution is 0.0952. The van der Waals surface area contributed by atoms with E-state index in [-0.39, 0.29) is 29.4 Å². The lowest BCUT2D eigenvalue weighted by Crippen LogP contribution is -2.31. The van der Waals surface area contributed by atoms with Crippen molar-refractivity contribution in [1.82, 2.24) is 19.7 Å². The Labute approximate surface area is 153 Å². The highest BCUT2D eigenvalue weighted by molar-refractivity contribution is 6.33. The van der Waals surface area contributed by atoms with Gasteiger partial charge in [-0.25, -0.2) is 13.9 Å². The molecule has 0 saturated carbocycles. The number of carbonyl (C=O) groups is 1. The largest absolute Gasteiger partial charge is 0.350 e. The fraction of sp³-hybridized carbons (Fsp3) is 0.167. The minimum Gasteiger partial charge on any atom is -0.350 e. The van der Waals surface area contributed by atoms with Gasteiger partial charge >= 0.3 is 5.69 Å². The summed E-state index contributed by atoms with van der Waals surface area (Å²) in [6, 6.07) is 12.9. The van der Waals surface area contributed by atoms with Crippen molar-refractivity contribution < 1.29 is 9.18 Å². The molecule has 134 valence electrons. The molecule has 0 aliphatic rings. The van der Waals surface area contributed by atoms with Crippen molar-refractivity contribution in [2.45, 2.75) is 6.54 Å². The molecule has 26 heavy (non-hydrogen) atoms. The van der Waals surface area contributed by atoms with Gasteiger partial charge in [-0.1, -0.05) is 41.9 Å². The normalized spacial score (nSPS) is 10.7. The summed E-state index contributed by atoms with van der Waals surface area (Å²) in [5.74, 6) is -0.411. The topological polar surface area (TPSA) is 68.9 Å². The quantitative estimate of drug-likeness (QED) is 0.746. The van der Waals surface area contributed by atoms with E-state index in [1.807, 2.05) is 30.3 Å². The summed E-state index contributed by atoms with van der Waals surface area (Å²) < 4.78 is 15.8. The Morgan fingerprint density at radius 1 is 1.23 bits per heavy atom. The van der Waals surface area contributed by atoms with E-state index in [1.165, 1.54) is 15.3 Å². The van der Waals surface area contributed by atoms with Crippen LogP contribution in [0.25, 0.3) is 11.4 Å². The van der Waals surface area contributed by atoms with Gasteiger partial charge in [0.1, 0.15) is 5.82 Å². The molecule has 1 aromatic heterocycles. The Hall–Kier alpha value is -2.93. The number of benzene rings is 2. The van der Waals surface area contributed by atoms with Crippen molar-refractivity contribution >= 4 is 17.5 Å². The summed E-state index contributed by atoms with van der Waals surface area (Å²) in [6.07, 6.45) is 0. The van der Waals surface area contributed by atoms with E-state index in [9.17, 15) is 14.0 Å². The zero-order valence-electron chi connectivity index (χ0n) is 13.9. The summed E-state index contributed by atoms with van der Waals surface area (Å²) in [4.78, 5) is 24.4.